The second-order valence-corrected chi connectivity index (χ2v) is 4.95. The van der Waals surface area contributed by atoms with Crippen molar-refractivity contribution in [1.29, 1.82) is 0 Å². The summed E-state index contributed by atoms with van der Waals surface area (Å²) in [5.41, 5.74) is 0. The molecule has 0 bridgehead atoms. The topological polar surface area (TPSA) is 49.8 Å². The van der Waals surface area contributed by atoms with Gasteiger partial charge in [0.2, 0.25) is 0 Å². The van der Waals surface area contributed by atoms with E-state index in [4.69, 9.17) is 9.84 Å². The van der Waals surface area contributed by atoms with Crippen molar-refractivity contribution in [3.8, 4) is 0 Å². The Balaban J connectivity index is 2.27. The molecule has 1 rings (SSSR count). The molecule has 1 atom stereocenters. The molecule has 1 fully saturated rings. The number of carbonyl (C=O) groups is 1. The zero-order chi connectivity index (χ0) is 12.0. The molecule has 0 spiro atoms. The Morgan fingerprint density at radius 2 is 2.31 bits per heavy atom. The molecule has 1 unspecified atom stereocenters. The van der Waals surface area contributed by atoms with Crippen molar-refractivity contribution in [2.24, 2.45) is 5.92 Å². The molecule has 0 aromatic carbocycles. The minimum Gasteiger partial charge on any atom is -0.480 e. The molecule has 94 valence electrons. The fraction of sp³-hybridized carbons (Fsp3) is 0.917. The number of rotatable bonds is 7. The minimum atomic E-state index is -0.743. The highest BCUT2D eigenvalue weighted by Gasteiger charge is 2.18. The van der Waals surface area contributed by atoms with Crippen LogP contribution in [0.5, 0.6) is 0 Å². The summed E-state index contributed by atoms with van der Waals surface area (Å²) < 4.78 is 5.54. The summed E-state index contributed by atoms with van der Waals surface area (Å²) in [4.78, 5) is 12.7. The van der Waals surface area contributed by atoms with Gasteiger partial charge in [-0.3, -0.25) is 9.69 Å². The Bertz CT molecular complexity index is 212. The summed E-state index contributed by atoms with van der Waals surface area (Å²) in [5, 5.41) is 8.82. The maximum atomic E-state index is 10.7. The van der Waals surface area contributed by atoms with Gasteiger partial charge in [0.05, 0.1) is 12.6 Å². The second kappa shape index (κ2) is 6.86. The SMILES string of the molecule is CC(C)CN(CCC1CCCO1)CC(=O)O. The van der Waals surface area contributed by atoms with Crippen molar-refractivity contribution in [3.05, 3.63) is 0 Å². The molecule has 0 amide bonds. The standard InChI is InChI=1S/C12H23NO3/c1-10(2)8-13(9-12(14)15)6-5-11-4-3-7-16-11/h10-11H,3-9H2,1-2H3,(H,14,15). The van der Waals surface area contributed by atoms with E-state index in [1.807, 2.05) is 4.90 Å². The monoisotopic (exact) mass is 229 g/mol. The Hall–Kier alpha value is -0.610. The highest BCUT2D eigenvalue weighted by molar-refractivity contribution is 5.69. The van der Waals surface area contributed by atoms with Crippen LogP contribution in [0.15, 0.2) is 0 Å². The van der Waals surface area contributed by atoms with E-state index in [1.54, 1.807) is 0 Å². The molecule has 0 aromatic rings. The summed E-state index contributed by atoms with van der Waals surface area (Å²) in [6.45, 7) is 6.91. The lowest BCUT2D eigenvalue weighted by Gasteiger charge is -2.23. The fourth-order valence-corrected chi connectivity index (χ4v) is 2.14. The van der Waals surface area contributed by atoms with Crippen molar-refractivity contribution >= 4 is 5.97 Å². The molecule has 1 N–H and O–H groups in total. The van der Waals surface area contributed by atoms with Crippen LogP contribution < -0.4 is 0 Å². The predicted molar refractivity (Wildman–Crippen MR) is 62.5 cm³/mol. The van der Waals surface area contributed by atoms with Crippen LogP contribution in [0.3, 0.4) is 0 Å². The van der Waals surface area contributed by atoms with E-state index in [0.29, 0.717) is 12.0 Å². The van der Waals surface area contributed by atoms with Crippen molar-refractivity contribution in [1.82, 2.24) is 4.90 Å². The average Bonchev–Trinajstić information content (AvgIpc) is 2.64. The van der Waals surface area contributed by atoms with E-state index in [9.17, 15) is 4.79 Å². The second-order valence-electron chi connectivity index (χ2n) is 4.95. The Morgan fingerprint density at radius 3 is 2.81 bits per heavy atom. The number of carboxylic acids is 1. The van der Waals surface area contributed by atoms with Gasteiger partial charge in [-0.25, -0.2) is 0 Å². The molecule has 16 heavy (non-hydrogen) atoms. The maximum absolute atomic E-state index is 10.7. The first-order valence-corrected chi connectivity index (χ1v) is 6.13. The largest absolute Gasteiger partial charge is 0.480 e. The quantitative estimate of drug-likeness (QED) is 0.720. The van der Waals surface area contributed by atoms with E-state index in [0.717, 1.165) is 39.0 Å². The minimum absolute atomic E-state index is 0.144. The lowest BCUT2D eigenvalue weighted by molar-refractivity contribution is -0.138. The Morgan fingerprint density at radius 1 is 1.56 bits per heavy atom. The van der Waals surface area contributed by atoms with Crippen molar-refractivity contribution in [2.45, 2.75) is 39.2 Å². The number of carboxylic acid groups (broad SMARTS) is 1. The number of hydrogen-bond donors (Lipinski definition) is 1. The summed E-state index contributed by atoms with van der Waals surface area (Å²) >= 11 is 0. The van der Waals surface area contributed by atoms with Crippen LogP contribution in [0.25, 0.3) is 0 Å². The molecular formula is C12H23NO3. The van der Waals surface area contributed by atoms with Gasteiger partial charge in [0.15, 0.2) is 0 Å². The van der Waals surface area contributed by atoms with Gasteiger partial charge in [-0.1, -0.05) is 13.8 Å². The van der Waals surface area contributed by atoms with Crippen LogP contribution in [0, 0.1) is 5.92 Å². The third-order valence-corrected chi connectivity index (χ3v) is 2.77. The van der Waals surface area contributed by atoms with Gasteiger partial charge in [-0.2, -0.15) is 0 Å². The van der Waals surface area contributed by atoms with Gasteiger partial charge < -0.3 is 9.84 Å². The molecular weight excluding hydrogens is 206 g/mol. The van der Waals surface area contributed by atoms with Crippen LogP contribution in [0.2, 0.25) is 0 Å². The van der Waals surface area contributed by atoms with Crippen molar-refractivity contribution in [2.75, 3.05) is 26.2 Å². The van der Waals surface area contributed by atoms with Crippen LogP contribution in [-0.4, -0.2) is 48.3 Å². The van der Waals surface area contributed by atoms with Crippen LogP contribution in [-0.2, 0) is 9.53 Å². The highest BCUT2D eigenvalue weighted by atomic mass is 16.5. The molecule has 0 aliphatic carbocycles. The zero-order valence-electron chi connectivity index (χ0n) is 10.3. The smallest absolute Gasteiger partial charge is 0.317 e. The van der Waals surface area contributed by atoms with Gasteiger partial charge in [0.1, 0.15) is 0 Å². The molecule has 1 aliphatic heterocycles. The van der Waals surface area contributed by atoms with E-state index in [-0.39, 0.29) is 6.54 Å². The fourth-order valence-electron chi connectivity index (χ4n) is 2.14. The molecule has 0 aromatic heterocycles. The van der Waals surface area contributed by atoms with Gasteiger partial charge >= 0.3 is 5.97 Å². The van der Waals surface area contributed by atoms with E-state index in [1.165, 1.54) is 0 Å². The first-order valence-electron chi connectivity index (χ1n) is 6.13. The lowest BCUT2D eigenvalue weighted by Crippen LogP contribution is -2.35. The summed E-state index contributed by atoms with van der Waals surface area (Å²) in [6.07, 6.45) is 3.58. The van der Waals surface area contributed by atoms with Crippen LogP contribution in [0.4, 0.5) is 0 Å². The number of hydrogen-bond acceptors (Lipinski definition) is 3. The third kappa shape index (κ3) is 5.47. The average molecular weight is 229 g/mol. The first-order chi connectivity index (χ1) is 7.58. The maximum Gasteiger partial charge on any atom is 0.317 e. The van der Waals surface area contributed by atoms with Gasteiger partial charge in [0.25, 0.3) is 0 Å². The number of nitrogens with zero attached hydrogens (tertiary/aromatic N) is 1. The van der Waals surface area contributed by atoms with Gasteiger partial charge in [0, 0.05) is 19.7 Å². The van der Waals surface area contributed by atoms with Gasteiger partial charge in [-0.15, -0.1) is 0 Å². The van der Waals surface area contributed by atoms with E-state index < -0.39 is 5.97 Å². The molecule has 1 aliphatic rings. The van der Waals surface area contributed by atoms with Gasteiger partial charge in [-0.05, 0) is 25.2 Å². The first kappa shape index (κ1) is 13.5. The van der Waals surface area contributed by atoms with E-state index in [2.05, 4.69) is 13.8 Å². The summed E-state index contributed by atoms with van der Waals surface area (Å²) in [6, 6.07) is 0. The third-order valence-electron chi connectivity index (χ3n) is 2.77. The molecule has 0 saturated carbocycles. The zero-order valence-corrected chi connectivity index (χ0v) is 10.3. The van der Waals surface area contributed by atoms with Crippen LogP contribution in [0.1, 0.15) is 33.1 Å². The summed E-state index contributed by atoms with van der Waals surface area (Å²) in [7, 11) is 0. The van der Waals surface area contributed by atoms with Crippen LogP contribution >= 0.6 is 0 Å². The van der Waals surface area contributed by atoms with Crippen molar-refractivity contribution in [3.63, 3.8) is 0 Å². The lowest BCUT2D eigenvalue weighted by atomic mass is 10.1. The summed E-state index contributed by atoms with van der Waals surface area (Å²) in [5.74, 6) is -0.239. The molecule has 4 nitrogen and oxygen atoms in total. The molecule has 4 heteroatoms. The molecule has 1 heterocycles. The number of aliphatic carboxylic acids is 1. The predicted octanol–water partition coefficient (Wildman–Crippen LogP) is 1.60. The van der Waals surface area contributed by atoms with Crippen molar-refractivity contribution < 1.29 is 14.6 Å². The Kier molecular flexibility index (Phi) is 5.77. The molecule has 1 saturated heterocycles. The highest BCUT2D eigenvalue weighted by Crippen LogP contribution is 2.15. The number of ether oxygens (including phenoxy) is 1. The molecule has 0 radical (unpaired) electrons. The Labute approximate surface area is 97.6 Å². The normalized spacial score (nSPS) is 20.9. The van der Waals surface area contributed by atoms with E-state index >= 15 is 0 Å².